The largest absolute Gasteiger partial charge is 0.496 e. The number of benzene rings is 3. The zero-order valence-corrected chi connectivity index (χ0v) is 16.4. The van der Waals surface area contributed by atoms with Gasteiger partial charge in [-0.15, -0.1) is 0 Å². The molecule has 0 amide bonds. The average molecular weight is 374 g/mol. The maximum absolute atomic E-state index is 13.4. The van der Waals surface area contributed by atoms with E-state index in [0.717, 1.165) is 22.4 Å². The van der Waals surface area contributed by atoms with E-state index < -0.39 is 5.41 Å². The van der Waals surface area contributed by atoms with E-state index >= 15 is 0 Å². The number of methoxy groups -OCH3 is 1. The molecular weight excluding hydrogens is 348 g/mol. The van der Waals surface area contributed by atoms with Gasteiger partial charge in [-0.05, 0) is 42.5 Å². The molecule has 1 unspecified atom stereocenters. The molecule has 0 bridgehead atoms. The van der Waals surface area contributed by atoms with E-state index in [9.17, 15) is 4.79 Å². The molecule has 0 aliphatic carbocycles. The van der Waals surface area contributed by atoms with Crippen molar-refractivity contribution in [2.45, 2.75) is 25.2 Å². The summed E-state index contributed by atoms with van der Waals surface area (Å²) in [6.07, 6.45) is 1.05. The van der Waals surface area contributed by atoms with Crippen molar-refractivity contribution in [2.24, 2.45) is 0 Å². The molecule has 0 radical (unpaired) electrons. The van der Waals surface area contributed by atoms with E-state index in [0.29, 0.717) is 19.4 Å². The fourth-order valence-corrected chi connectivity index (χ4v) is 3.67. The summed E-state index contributed by atoms with van der Waals surface area (Å²) >= 11 is 0. The highest BCUT2D eigenvalue weighted by atomic mass is 16.5. The topological polar surface area (TPSA) is 35.5 Å². The predicted octanol–water partition coefficient (Wildman–Crippen LogP) is 4.98. The summed E-state index contributed by atoms with van der Waals surface area (Å²) in [7, 11) is 1.66. The van der Waals surface area contributed by atoms with Gasteiger partial charge in [0.25, 0.3) is 0 Å². The Morgan fingerprint density at radius 2 is 1.43 bits per heavy atom. The smallest absolute Gasteiger partial charge is 0.317 e. The highest BCUT2D eigenvalue weighted by molar-refractivity contribution is 5.84. The van der Waals surface area contributed by atoms with Gasteiger partial charge < -0.3 is 9.47 Å². The number of ether oxygens (including phenoxy) is 2. The van der Waals surface area contributed by atoms with Crippen LogP contribution in [0.1, 0.15) is 23.6 Å². The molecular formula is C25H26O3. The highest BCUT2D eigenvalue weighted by Crippen LogP contribution is 2.36. The molecule has 28 heavy (non-hydrogen) atoms. The second-order valence-electron chi connectivity index (χ2n) is 6.82. The van der Waals surface area contributed by atoms with Crippen molar-refractivity contribution in [1.29, 1.82) is 0 Å². The summed E-state index contributed by atoms with van der Waals surface area (Å²) < 4.78 is 11.2. The summed E-state index contributed by atoms with van der Waals surface area (Å²) in [6, 6.07) is 27.9. The van der Waals surface area contributed by atoms with Crippen LogP contribution >= 0.6 is 0 Å². The SMILES string of the molecule is CCOC(=O)C(Cc1ccccc1)(Cc1ccccc1OC)c1ccccc1. The molecule has 0 fully saturated rings. The minimum absolute atomic E-state index is 0.212. The molecule has 0 spiro atoms. The van der Waals surface area contributed by atoms with Crippen molar-refractivity contribution in [3.05, 3.63) is 102 Å². The fourth-order valence-electron chi connectivity index (χ4n) is 3.67. The van der Waals surface area contributed by atoms with Crippen LogP contribution in [0.3, 0.4) is 0 Å². The van der Waals surface area contributed by atoms with E-state index in [2.05, 4.69) is 12.1 Å². The Kier molecular flexibility index (Phi) is 6.49. The van der Waals surface area contributed by atoms with Crippen molar-refractivity contribution in [3.8, 4) is 5.75 Å². The Labute approximate surface area is 166 Å². The second kappa shape index (κ2) is 9.23. The number of carbonyl (C=O) groups is 1. The van der Waals surface area contributed by atoms with Crippen molar-refractivity contribution < 1.29 is 14.3 Å². The molecule has 0 aliphatic heterocycles. The van der Waals surface area contributed by atoms with Gasteiger partial charge in [-0.25, -0.2) is 0 Å². The van der Waals surface area contributed by atoms with Crippen LogP contribution in [0.25, 0.3) is 0 Å². The van der Waals surface area contributed by atoms with E-state index in [1.807, 2.05) is 79.7 Å². The number of rotatable bonds is 8. The van der Waals surface area contributed by atoms with Crippen LogP contribution in [0, 0.1) is 0 Å². The molecule has 3 aromatic carbocycles. The van der Waals surface area contributed by atoms with Gasteiger partial charge in [0.1, 0.15) is 11.2 Å². The number of hydrogen-bond acceptors (Lipinski definition) is 3. The minimum Gasteiger partial charge on any atom is -0.496 e. The predicted molar refractivity (Wildman–Crippen MR) is 112 cm³/mol. The fraction of sp³-hybridized carbons (Fsp3) is 0.240. The van der Waals surface area contributed by atoms with Crippen LogP contribution in [0.4, 0.5) is 0 Å². The van der Waals surface area contributed by atoms with Crippen LogP contribution in [0.2, 0.25) is 0 Å². The normalized spacial score (nSPS) is 12.8. The Bertz CT molecular complexity index is 890. The molecule has 1 atom stereocenters. The van der Waals surface area contributed by atoms with Gasteiger partial charge >= 0.3 is 5.97 Å². The summed E-state index contributed by atoms with van der Waals surface area (Å²) in [5.74, 6) is 0.566. The Morgan fingerprint density at radius 1 is 0.821 bits per heavy atom. The first-order chi connectivity index (χ1) is 13.7. The van der Waals surface area contributed by atoms with Crippen LogP contribution in [0.15, 0.2) is 84.9 Å². The van der Waals surface area contributed by atoms with Gasteiger partial charge in [-0.1, -0.05) is 78.9 Å². The van der Waals surface area contributed by atoms with E-state index in [-0.39, 0.29) is 5.97 Å². The third-order valence-corrected chi connectivity index (χ3v) is 5.03. The molecule has 3 heteroatoms. The quantitative estimate of drug-likeness (QED) is 0.522. The molecule has 0 aromatic heterocycles. The molecule has 144 valence electrons. The lowest BCUT2D eigenvalue weighted by molar-refractivity contribution is -0.150. The van der Waals surface area contributed by atoms with Crippen molar-refractivity contribution in [3.63, 3.8) is 0 Å². The maximum atomic E-state index is 13.4. The first-order valence-corrected chi connectivity index (χ1v) is 9.58. The number of para-hydroxylation sites is 1. The molecule has 0 saturated heterocycles. The van der Waals surface area contributed by atoms with E-state index in [1.165, 1.54) is 0 Å². The van der Waals surface area contributed by atoms with Crippen LogP contribution in [0.5, 0.6) is 5.75 Å². The van der Waals surface area contributed by atoms with Gasteiger partial charge in [-0.3, -0.25) is 4.79 Å². The van der Waals surface area contributed by atoms with E-state index in [1.54, 1.807) is 7.11 Å². The molecule has 0 saturated carbocycles. The molecule has 3 aromatic rings. The van der Waals surface area contributed by atoms with Crippen LogP contribution in [-0.4, -0.2) is 19.7 Å². The third kappa shape index (κ3) is 4.25. The molecule has 3 nitrogen and oxygen atoms in total. The number of hydrogen-bond donors (Lipinski definition) is 0. The standard InChI is InChI=1S/C25H26O3/c1-3-28-24(26)25(22-15-8-5-9-16-22,18-20-12-6-4-7-13-20)19-21-14-10-11-17-23(21)27-2/h4-17H,3,18-19H2,1-2H3. The Balaban J connectivity index is 2.15. The lowest BCUT2D eigenvalue weighted by Crippen LogP contribution is -2.42. The third-order valence-electron chi connectivity index (χ3n) is 5.03. The van der Waals surface area contributed by atoms with Gasteiger partial charge in [-0.2, -0.15) is 0 Å². The highest BCUT2D eigenvalue weighted by Gasteiger charge is 2.42. The average Bonchev–Trinajstić information content (AvgIpc) is 2.75. The number of carbonyl (C=O) groups excluding carboxylic acids is 1. The summed E-state index contributed by atoms with van der Waals surface area (Å²) in [4.78, 5) is 13.4. The molecule has 0 heterocycles. The first-order valence-electron chi connectivity index (χ1n) is 9.58. The van der Waals surface area contributed by atoms with Crippen molar-refractivity contribution in [1.82, 2.24) is 0 Å². The molecule has 3 rings (SSSR count). The van der Waals surface area contributed by atoms with Gasteiger partial charge in [0.15, 0.2) is 0 Å². The summed E-state index contributed by atoms with van der Waals surface area (Å²) in [5.41, 5.74) is 2.18. The Hall–Kier alpha value is -3.07. The zero-order valence-electron chi connectivity index (χ0n) is 16.4. The van der Waals surface area contributed by atoms with Crippen LogP contribution < -0.4 is 4.74 Å². The maximum Gasteiger partial charge on any atom is 0.317 e. The van der Waals surface area contributed by atoms with Crippen molar-refractivity contribution >= 4 is 5.97 Å². The Morgan fingerprint density at radius 3 is 2.07 bits per heavy atom. The van der Waals surface area contributed by atoms with Gasteiger partial charge in [0, 0.05) is 0 Å². The molecule has 0 N–H and O–H groups in total. The zero-order chi connectivity index (χ0) is 19.8. The summed E-state index contributed by atoms with van der Waals surface area (Å²) in [6.45, 7) is 2.19. The van der Waals surface area contributed by atoms with Gasteiger partial charge in [0.05, 0.1) is 13.7 Å². The van der Waals surface area contributed by atoms with Gasteiger partial charge in [0.2, 0.25) is 0 Å². The number of esters is 1. The second-order valence-corrected chi connectivity index (χ2v) is 6.82. The molecule has 0 aliphatic rings. The minimum atomic E-state index is -0.840. The van der Waals surface area contributed by atoms with Crippen LogP contribution in [-0.2, 0) is 27.8 Å². The monoisotopic (exact) mass is 374 g/mol. The lowest BCUT2D eigenvalue weighted by atomic mass is 9.71. The van der Waals surface area contributed by atoms with Crippen molar-refractivity contribution in [2.75, 3.05) is 13.7 Å². The summed E-state index contributed by atoms with van der Waals surface area (Å²) in [5, 5.41) is 0. The lowest BCUT2D eigenvalue weighted by Gasteiger charge is -2.33. The van der Waals surface area contributed by atoms with E-state index in [4.69, 9.17) is 9.47 Å². The first kappa shape index (κ1) is 19.7.